The summed E-state index contributed by atoms with van der Waals surface area (Å²) in [5, 5.41) is 7.56. The third-order valence-corrected chi connectivity index (χ3v) is 4.84. The Balaban J connectivity index is 1.97. The highest BCUT2D eigenvalue weighted by Gasteiger charge is 2.19. The van der Waals surface area contributed by atoms with Crippen LogP contribution in [-0.4, -0.2) is 33.8 Å². The lowest BCUT2D eigenvalue weighted by Gasteiger charge is -2.06. The van der Waals surface area contributed by atoms with Crippen LogP contribution >= 0.6 is 46.5 Å². The number of halogens is 2. The predicted molar refractivity (Wildman–Crippen MR) is 91.7 cm³/mol. The first kappa shape index (κ1) is 18.0. The largest absolute Gasteiger partial charge is 0.461 e. The number of ether oxygens (including phenoxy) is 1. The molecule has 1 aromatic carbocycles. The van der Waals surface area contributed by atoms with Gasteiger partial charge in [-0.2, -0.15) is 0 Å². The summed E-state index contributed by atoms with van der Waals surface area (Å²) < 4.78 is 8.50. The van der Waals surface area contributed by atoms with Crippen molar-refractivity contribution in [3.8, 4) is 0 Å². The molecule has 2 aromatic rings. The zero-order chi connectivity index (χ0) is 16.8. The molecule has 0 spiro atoms. The molecule has 1 amide bonds. The molecule has 122 valence electrons. The van der Waals surface area contributed by atoms with Gasteiger partial charge in [-0.25, -0.2) is 4.79 Å². The first-order valence-corrected chi connectivity index (χ1v) is 8.90. The number of nitrogens with zero attached hydrogens (tertiary/aromatic N) is 2. The van der Waals surface area contributed by atoms with Gasteiger partial charge in [0.1, 0.15) is 0 Å². The van der Waals surface area contributed by atoms with E-state index in [-0.39, 0.29) is 29.0 Å². The number of hydrogen-bond donors (Lipinski definition) is 1. The Morgan fingerprint density at radius 3 is 2.91 bits per heavy atom. The number of carbonyl (C=O) groups is 2. The number of esters is 1. The summed E-state index contributed by atoms with van der Waals surface area (Å²) in [5.74, 6) is -0.843. The van der Waals surface area contributed by atoms with Crippen molar-refractivity contribution in [3.63, 3.8) is 0 Å². The number of hydrogen-bond acceptors (Lipinski definition) is 7. The Morgan fingerprint density at radius 2 is 2.17 bits per heavy atom. The second-order valence-electron chi connectivity index (χ2n) is 4.08. The molecule has 10 heteroatoms. The van der Waals surface area contributed by atoms with Gasteiger partial charge in [0.25, 0.3) is 0 Å². The minimum absolute atomic E-state index is 0.00371. The molecule has 0 unspecified atom stereocenters. The van der Waals surface area contributed by atoms with Crippen molar-refractivity contribution in [1.29, 1.82) is 0 Å². The first-order chi connectivity index (χ1) is 11.0. The van der Waals surface area contributed by atoms with Crippen molar-refractivity contribution in [2.24, 2.45) is 0 Å². The minimum Gasteiger partial charge on any atom is -0.461 e. The Morgan fingerprint density at radius 1 is 1.39 bits per heavy atom. The average Bonchev–Trinajstić information content (AvgIpc) is 2.96. The smallest absolute Gasteiger partial charge is 0.362 e. The Hall–Kier alpha value is -1.35. The number of nitrogens with one attached hydrogen (secondary N) is 1. The van der Waals surface area contributed by atoms with Gasteiger partial charge >= 0.3 is 5.97 Å². The fourth-order valence-electron chi connectivity index (χ4n) is 1.50. The first-order valence-electron chi connectivity index (χ1n) is 6.38. The van der Waals surface area contributed by atoms with Crippen molar-refractivity contribution in [3.05, 3.63) is 33.9 Å². The Bertz CT molecular complexity index is 724. The van der Waals surface area contributed by atoms with Crippen LogP contribution in [0.5, 0.6) is 0 Å². The van der Waals surface area contributed by atoms with Crippen LogP contribution in [0, 0.1) is 0 Å². The summed E-state index contributed by atoms with van der Waals surface area (Å²) in [6.45, 7) is 1.90. The fourth-order valence-corrected chi connectivity index (χ4v) is 3.37. The van der Waals surface area contributed by atoms with Gasteiger partial charge in [-0.05, 0) is 25.1 Å². The van der Waals surface area contributed by atoms with Crippen molar-refractivity contribution >= 4 is 63.4 Å². The lowest BCUT2D eigenvalue weighted by Crippen LogP contribution is -2.16. The van der Waals surface area contributed by atoms with E-state index in [1.54, 1.807) is 25.1 Å². The van der Waals surface area contributed by atoms with Crippen molar-refractivity contribution in [2.45, 2.75) is 11.8 Å². The zero-order valence-corrected chi connectivity index (χ0v) is 15.0. The highest BCUT2D eigenvalue weighted by molar-refractivity contribution is 8.00. The topological polar surface area (TPSA) is 81.2 Å². The molecular formula is C13H11Cl2N3O3S2. The average molecular weight is 392 g/mol. The zero-order valence-electron chi connectivity index (χ0n) is 11.8. The molecule has 0 aliphatic carbocycles. The molecule has 2 rings (SSSR count). The van der Waals surface area contributed by atoms with Gasteiger partial charge in [0.05, 0.1) is 17.4 Å². The van der Waals surface area contributed by atoms with E-state index in [2.05, 4.69) is 14.9 Å². The van der Waals surface area contributed by atoms with E-state index in [4.69, 9.17) is 27.9 Å². The fraction of sp³-hybridized carbons (Fsp3) is 0.231. The molecule has 0 atom stereocenters. The maximum atomic E-state index is 12.0. The van der Waals surface area contributed by atoms with Gasteiger partial charge < -0.3 is 10.1 Å². The summed E-state index contributed by atoms with van der Waals surface area (Å²) in [7, 11) is 0. The third-order valence-electron chi connectivity index (χ3n) is 2.46. The van der Waals surface area contributed by atoms with E-state index in [9.17, 15) is 9.59 Å². The van der Waals surface area contributed by atoms with E-state index >= 15 is 0 Å². The molecule has 0 bridgehead atoms. The van der Waals surface area contributed by atoms with Crippen LogP contribution in [0.4, 0.5) is 5.00 Å². The molecule has 0 saturated heterocycles. The molecule has 1 N–H and O–H groups in total. The van der Waals surface area contributed by atoms with Gasteiger partial charge in [-0.3, -0.25) is 4.79 Å². The maximum Gasteiger partial charge on any atom is 0.362 e. The molecule has 23 heavy (non-hydrogen) atoms. The molecule has 0 aliphatic heterocycles. The number of benzene rings is 1. The molecule has 0 radical (unpaired) electrons. The lowest BCUT2D eigenvalue weighted by molar-refractivity contribution is -0.113. The van der Waals surface area contributed by atoms with E-state index in [1.807, 2.05) is 0 Å². The highest BCUT2D eigenvalue weighted by atomic mass is 35.5. The van der Waals surface area contributed by atoms with E-state index in [0.29, 0.717) is 14.9 Å². The third kappa shape index (κ3) is 5.07. The summed E-state index contributed by atoms with van der Waals surface area (Å²) in [6.07, 6.45) is 0. The van der Waals surface area contributed by atoms with Crippen molar-refractivity contribution in [1.82, 2.24) is 9.59 Å². The quantitative estimate of drug-likeness (QED) is 0.596. The molecule has 1 heterocycles. The van der Waals surface area contributed by atoms with Crippen LogP contribution in [0.3, 0.4) is 0 Å². The lowest BCUT2D eigenvalue weighted by atomic mass is 10.4. The minimum atomic E-state index is -0.623. The molecule has 6 nitrogen and oxygen atoms in total. The second-order valence-corrected chi connectivity index (χ2v) is 6.70. The second kappa shape index (κ2) is 8.49. The van der Waals surface area contributed by atoms with Gasteiger partial charge in [-0.1, -0.05) is 27.7 Å². The SMILES string of the molecule is CCOC(=O)c1nnsc1NC(=O)CSc1cc(Cl)ccc1Cl. The van der Waals surface area contributed by atoms with E-state index < -0.39 is 5.97 Å². The van der Waals surface area contributed by atoms with Gasteiger partial charge in [0.2, 0.25) is 11.6 Å². The van der Waals surface area contributed by atoms with Gasteiger partial charge in [-0.15, -0.1) is 16.9 Å². The maximum absolute atomic E-state index is 12.0. The molecular weight excluding hydrogens is 381 g/mol. The van der Waals surface area contributed by atoms with Gasteiger partial charge in [0.15, 0.2) is 5.00 Å². The number of anilines is 1. The number of amides is 1. The Kier molecular flexibility index (Phi) is 6.64. The summed E-state index contributed by atoms with van der Waals surface area (Å²) >= 11 is 14.1. The summed E-state index contributed by atoms with van der Waals surface area (Å²) in [5.41, 5.74) is -0.00371. The number of carbonyl (C=O) groups excluding carboxylic acids is 2. The normalized spacial score (nSPS) is 10.4. The molecule has 0 aliphatic rings. The van der Waals surface area contributed by atoms with E-state index in [0.717, 1.165) is 11.5 Å². The molecule has 0 saturated carbocycles. The summed E-state index contributed by atoms with van der Waals surface area (Å²) in [6, 6.07) is 5.01. The van der Waals surface area contributed by atoms with Gasteiger partial charge in [0, 0.05) is 21.5 Å². The number of rotatable bonds is 6. The van der Waals surface area contributed by atoms with E-state index in [1.165, 1.54) is 11.8 Å². The van der Waals surface area contributed by atoms with Crippen LogP contribution in [0.15, 0.2) is 23.1 Å². The molecule has 0 fully saturated rings. The van der Waals surface area contributed by atoms with Crippen molar-refractivity contribution in [2.75, 3.05) is 17.7 Å². The standard InChI is InChI=1S/C13H11Cl2N3O3S2/c1-2-21-13(20)11-12(23-18-17-11)16-10(19)6-22-9-5-7(14)3-4-8(9)15/h3-5H,2,6H2,1H3,(H,16,19). The van der Waals surface area contributed by atoms with Crippen LogP contribution in [-0.2, 0) is 9.53 Å². The van der Waals surface area contributed by atoms with Crippen molar-refractivity contribution < 1.29 is 14.3 Å². The van der Waals surface area contributed by atoms with Crippen LogP contribution in [0.1, 0.15) is 17.4 Å². The predicted octanol–water partition coefficient (Wildman–Crippen LogP) is 3.75. The summed E-state index contributed by atoms with van der Waals surface area (Å²) in [4.78, 5) is 24.4. The monoisotopic (exact) mass is 391 g/mol. The van der Waals surface area contributed by atoms with Crippen LogP contribution in [0.25, 0.3) is 0 Å². The highest BCUT2D eigenvalue weighted by Crippen LogP contribution is 2.30. The van der Waals surface area contributed by atoms with Crippen LogP contribution in [0.2, 0.25) is 10.0 Å². The van der Waals surface area contributed by atoms with Crippen LogP contribution < -0.4 is 5.32 Å². The number of aromatic nitrogens is 2. The molecule has 1 aromatic heterocycles. The number of thioether (sulfide) groups is 1. The Labute approximate surface area is 150 Å².